The summed E-state index contributed by atoms with van der Waals surface area (Å²) in [4.78, 5) is 6.41. The summed E-state index contributed by atoms with van der Waals surface area (Å²) in [6, 6.07) is 7.98. The van der Waals surface area contributed by atoms with Crippen LogP contribution in [-0.2, 0) is 11.3 Å². The number of benzene rings is 1. The average molecular weight is 291 g/mol. The molecule has 6 nitrogen and oxygen atoms in total. The minimum Gasteiger partial charge on any atom is -0.395 e. The standard InChI is InChI=1S/C15H21N3O3/c1-12-3-5-13(6-4-12)15-16-14(21-17-15)11-18(7-9-19)8-10-20-2/h3-6,19H,7-11H2,1-2H3. The number of hydrogen-bond donors (Lipinski definition) is 1. The van der Waals surface area contributed by atoms with Gasteiger partial charge >= 0.3 is 0 Å². The topological polar surface area (TPSA) is 71.6 Å². The molecule has 0 aliphatic heterocycles. The van der Waals surface area contributed by atoms with Gasteiger partial charge in [0.2, 0.25) is 11.7 Å². The molecule has 6 heteroatoms. The fourth-order valence-corrected chi connectivity index (χ4v) is 1.96. The van der Waals surface area contributed by atoms with E-state index in [1.165, 1.54) is 5.56 Å². The van der Waals surface area contributed by atoms with Crippen LogP contribution < -0.4 is 0 Å². The second-order valence-electron chi connectivity index (χ2n) is 4.87. The zero-order chi connectivity index (χ0) is 15.1. The first-order valence-electron chi connectivity index (χ1n) is 6.94. The quantitative estimate of drug-likeness (QED) is 0.794. The van der Waals surface area contributed by atoms with E-state index in [-0.39, 0.29) is 6.61 Å². The van der Waals surface area contributed by atoms with E-state index in [0.29, 0.717) is 38.0 Å². The first kappa shape index (κ1) is 15.6. The SMILES string of the molecule is COCCN(CCO)Cc1nc(-c2ccc(C)cc2)no1. The molecule has 1 N–H and O–H groups in total. The Labute approximate surface area is 124 Å². The molecule has 0 saturated heterocycles. The van der Waals surface area contributed by atoms with Crippen LogP contribution in [0.4, 0.5) is 0 Å². The summed E-state index contributed by atoms with van der Waals surface area (Å²) in [6.07, 6.45) is 0. The fraction of sp³-hybridized carbons (Fsp3) is 0.467. The first-order chi connectivity index (χ1) is 10.2. The van der Waals surface area contributed by atoms with Gasteiger partial charge in [-0.1, -0.05) is 35.0 Å². The van der Waals surface area contributed by atoms with Gasteiger partial charge in [-0.3, -0.25) is 4.90 Å². The van der Waals surface area contributed by atoms with Crippen molar-refractivity contribution in [1.82, 2.24) is 15.0 Å². The zero-order valence-electron chi connectivity index (χ0n) is 12.5. The number of aliphatic hydroxyl groups is 1. The molecule has 0 amide bonds. The minimum absolute atomic E-state index is 0.0860. The van der Waals surface area contributed by atoms with Crippen molar-refractivity contribution in [3.63, 3.8) is 0 Å². The third-order valence-corrected chi connectivity index (χ3v) is 3.16. The maximum Gasteiger partial charge on any atom is 0.241 e. The van der Waals surface area contributed by atoms with E-state index < -0.39 is 0 Å². The van der Waals surface area contributed by atoms with Crippen LogP contribution in [0.25, 0.3) is 11.4 Å². The molecule has 0 aliphatic rings. The molecule has 2 aromatic rings. The van der Waals surface area contributed by atoms with Crippen molar-refractivity contribution in [3.8, 4) is 11.4 Å². The van der Waals surface area contributed by atoms with Gasteiger partial charge in [-0.2, -0.15) is 4.98 Å². The smallest absolute Gasteiger partial charge is 0.241 e. The van der Waals surface area contributed by atoms with Crippen LogP contribution in [0.15, 0.2) is 28.8 Å². The Balaban J connectivity index is 2.02. The highest BCUT2D eigenvalue weighted by Crippen LogP contribution is 2.16. The van der Waals surface area contributed by atoms with Gasteiger partial charge in [0.15, 0.2) is 0 Å². The molecular weight excluding hydrogens is 270 g/mol. The van der Waals surface area contributed by atoms with Crippen LogP contribution in [0.3, 0.4) is 0 Å². The number of aryl methyl sites for hydroxylation is 1. The maximum atomic E-state index is 9.07. The van der Waals surface area contributed by atoms with Gasteiger partial charge in [-0.15, -0.1) is 0 Å². The van der Waals surface area contributed by atoms with Crippen LogP contribution >= 0.6 is 0 Å². The number of hydrogen-bond acceptors (Lipinski definition) is 6. The lowest BCUT2D eigenvalue weighted by Crippen LogP contribution is -2.29. The van der Waals surface area contributed by atoms with Crippen molar-refractivity contribution < 1.29 is 14.4 Å². The van der Waals surface area contributed by atoms with Gasteiger partial charge in [0.05, 0.1) is 19.8 Å². The normalized spacial score (nSPS) is 11.2. The Morgan fingerprint density at radius 3 is 2.67 bits per heavy atom. The molecule has 21 heavy (non-hydrogen) atoms. The minimum atomic E-state index is 0.0860. The van der Waals surface area contributed by atoms with Crippen LogP contribution in [0.5, 0.6) is 0 Å². The molecule has 0 atom stereocenters. The van der Waals surface area contributed by atoms with Crippen LogP contribution in [0, 0.1) is 6.92 Å². The summed E-state index contributed by atoms with van der Waals surface area (Å²) in [6.45, 7) is 4.48. The number of rotatable bonds is 8. The summed E-state index contributed by atoms with van der Waals surface area (Å²) in [5, 5.41) is 13.1. The molecule has 0 radical (unpaired) electrons. The lowest BCUT2D eigenvalue weighted by Gasteiger charge is -2.18. The van der Waals surface area contributed by atoms with Crippen molar-refractivity contribution in [2.45, 2.75) is 13.5 Å². The van der Waals surface area contributed by atoms with E-state index in [1.54, 1.807) is 7.11 Å². The monoisotopic (exact) mass is 291 g/mol. The molecule has 1 heterocycles. The highest BCUT2D eigenvalue weighted by atomic mass is 16.5. The van der Waals surface area contributed by atoms with Gasteiger partial charge < -0.3 is 14.4 Å². The highest BCUT2D eigenvalue weighted by Gasteiger charge is 2.12. The molecule has 0 unspecified atom stereocenters. The molecule has 2 rings (SSSR count). The van der Waals surface area contributed by atoms with Crippen molar-refractivity contribution >= 4 is 0 Å². The summed E-state index contributed by atoms with van der Waals surface area (Å²) >= 11 is 0. The Morgan fingerprint density at radius 1 is 1.24 bits per heavy atom. The number of methoxy groups -OCH3 is 1. The van der Waals surface area contributed by atoms with Crippen molar-refractivity contribution in [3.05, 3.63) is 35.7 Å². The van der Waals surface area contributed by atoms with Crippen LogP contribution in [-0.4, -0.2) is 53.6 Å². The zero-order valence-corrected chi connectivity index (χ0v) is 12.5. The lowest BCUT2D eigenvalue weighted by atomic mass is 10.1. The fourth-order valence-electron chi connectivity index (χ4n) is 1.96. The van der Waals surface area contributed by atoms with Crippen molar-refractivity contribution in [2.75, 3.05) is 33.4 Å². The molecule has 0 aliphatic carbocycles. The molecule has 1 aromatic carbocycles. The second-order valence-corrected chi connectivity index (χ2v) is 4.87. The summed E-state index contributed by atoms with van der Waals surface area (Å²) in [5.74, 6) is 1.12. The van der Waals surface area contributed by atoms with Crippen molar-refractivity contribution in [1.29, 1.82) is 0 Å². The average Bonchev–Trinajstić information content (AvgIpc) is 2.94. The van der Waals surface area contributed by atoms with Gasteiger partial charge in [0.25, 0.3) is 0 Å². The van der Waals surface area contributed by atoms with Gasteiger partial charge in [-0.25, -0.2) is 0 Å². The van der Waals surface area contributed by atoms with E-state index in [2.05, 4.69) is 10.1 Å². The van der Waals surface area contributed by atoms with Gasteiger partial charge in [0, 0.05) is 25.8 Å². The van der Waals surface area contributed by atoms with E-state index in [1.807, 2.05) is 36.1 Å². The number of aliphatic hydroxyl groups excluding tert-OH is 1. The Bertz CT molecular complexity index is 539. The first-order valence-corrected chi connectivity index (χ1v) is 6.94. The predicted molar refractivity (Wildman–Crippen MR) is 78.7 cm³/mol. The molecule has 0 saturated carbocycles. The summed E-state index contributed by atoms with van der Waals surface area (Å²) in [7, 11) is 1.65. The maximum absolute atomic E-state index is 9.07. The van der Waals surface area contributed by atoms with Crippen molar-refractivity contribution in [2.24, 2.45) is 0 Å². The van der Waals surface area contributed by atoms with E-state index >= 15 is 0 Å². The highest BCUT2D eigenvalue weighted by molar-refractivity contribution is 5.54. The van der Waals surface area contributed by atoms with E-state index in [0.717, 1.165) is 5.56 Å². The Kier molecular flexibility index (Phi) is 5.86. The predicted octanol–water partition coefficient (Wildman–Crippen LogP) is 1.49. The largest absolute Gasteiger partial charge is 0.395 e. The van der Waals surface area contributed by atoms with E-state index in [4.69, 9.17) is 14.4 Å². The lowest BCUT2D eigenvalue weighted by molar-refractivity contribution is 0.118. The van der Waals surface area contributed by atoms with Gasteiger partial charge in [0.1, 0.15) is 0 Å². The number of ether oxygens (including phenoxy) is 1. The summed E-state index contributed by atoms with van der Waals surface area (Å²) < 4.78 is 10.3. The van der Waals surface area contributed by atoms with Gasteiger partial charge in [-0.05, 0) is 6.92 Å². The third kappa shape index (κ3) is 4.63. The number of aromatic nitrogens is 2. The molecule has 0 bridgehead atoms. The molecule has 114 valence electrons. The summed E-state index contributed by atoms with van der Waals surface area (Å²) in [5.41, 5.74) is 2.12. The number of nitrogens with zero attached hydrogens (tertiary/aromatic N) is 3. The molecule has 0 spiro atoms. The van der Waals surface area contributed by atoms with Crippen LogP contribution in [0.1, 0.15) is 11.5 Å². The second kappa shape index (κ2) is 7.87. The molecule has 1 aromatic heterocycles. The van der Waals surface area contributed by atoms with E-state index in [9.17, 15) is 0 Å². The van der Waals surface area contributed by atoms with Crippen LogP contribution in [0.2, 0.25) is 0 Å². The Hall–Kier alpha value is -1.76. The Morgan fingerprint density at radius 2 is 2.00 bits per heavy atom. The third-order valence-electron chi connectivity index (χ3n) is 3.16. The molecular formula is C15H21N3O3. The molecule has 0 fully saturated rings.